The van der Waals surface area contributed by atoms with Gasteiger partial charge in [-0.3, -0.25) is 4.79 Å². The number of carbonyl (C=O) groups excluding carboxylic acids is 1. The molecule has 2 N–H and O–H groups in total. The fraction of sp³-hybridized carbons (Fsp3) is 0.483. The number of Topliss-reactive ketones (excluding diaryl/α,β-unsaturated/α-hetero) is 1. The van der Waals surface area contributed by atoms with Gasteiger partial charge < -0.3 is 14.6 Å². The average Bonchev–Trinajstić information content (AvgIpc) is 3.14. The number of hydrogen-bond acceptors (Lipinski definition) is 4. The second-order valence-corrected chi connectivity index (χ2v) is 15.2. The summed E-state index contributed by atoms with van der Waals surface area (Å²) in [5, 5.41) is 22.7. The van der Waals surface area contributed by atoms with Crippen molar-refractivity contribution in [1.82, 2.24) is 0 Å². The van der Waals surface area contributed by atoms with Gasteiger partial charge in [-0.2, -0.15) is 0 Å². The lowest BCUT2D eigenvalue weighted by Crippen LogP contribution is -2.66. The highest BCUT2D eigenvalue weighted by Crippen LogP contribution is 2.44. The van der Waals surface area contributed by atoms with Gasteiger partial charge >= 0.3 is 0 Å². The van der Waals surface area contributed by atoms with Crippen molar-refractivity contribution in [3.8, 4) is 0 Å². The highest BCUT2D eigenvalue weighted by atomic mass is 28.4. The van der Waals surface area contributed by atoms with E-state index in [1.165, 1.54) is 10.4 Å². The molecule has 4 nitrogen and oxygen atoms in total. The van der Waals surface area contributed by atoms with Gasteiger partial charge in [-0.1, -0.05) is 81.4 Å². The lowest BCUT2D eigenvalue weighted by Gasteiger charge is -2.43. The van der Waals surface area contributed by atoms with Gasteiger partial charge in [-0.25, -0.2) is 0 Å². The molecule has 182 valence electrons. The van der Waals surface area contributed by atoms with Crippen molar-refractivity contribution >= 4 is 24.5 Å². The van der Waals surface area contributed by atoms with Crippen molar-refractivity contribution in [2.24, 2.45) is 11.8 Å². The van der Waals surface area contributed by atoms with Crippen LogP contribution in [-0.2, 0) is 9.22 Å². The lowest BCUT2D eigenvalue weighted by molar-refractivity contribution is -0.115. The van der Waals surface area contributed by atoms with Gasteiger partial charge in [0.05, 0.1) is 6.10 Å². The van der Waals surface area contributed by atoms with E-state index < -0.39 is 14.4 Å². The first-order chi connectivity index (χ1) is 16.3. The molecular weight excluding hydrogens is 440 g/mol. The second kappa shape index (κ2) is 10.3. The van der Waals surface area contributed by atoms with Crippen LogP contribution < -0.4 is 10.4 Å². The number of rotatable bonds is 8. The summed E-state index contributed by atoms with van der Waals surface area (Å²) >= 11 is 0. The van der Waals surface area contributed by atoms with Crippen LogP contribution in [0.3, 0.4) is 0 Å². The largest absolute Gasteiger partial charge is 0.407 e. The van der Waals surface area contributed by atoms with Gasteiger partial charge in [-0.05, 0) is 64.1 Å². The normalized spacial score (nSPS) is 23.3. The third-order valence-electron chi connectivity index (χ3n) is 7.65. The zero-order chi connectivity index (χ0) is 24.3. The SMILES string of the molecule is CC(C)(C)[Si](OCCCC1=C2C(CC1=O)C[C@@H](CO)C[C@H]2O)(c1ccccc1)c1ccccc1. The molecule has 34 heavy (non-hydrogen) atoms. The molecule has 1 fully saturated rings. The molecule has 0 radical (unpaired) electrons. The van der Waals surface area contributed by atoms with Crippen molar-refractivity contribution in [2.75, 3.05) is 13.2 Å². The van der Waals surface area contributed by atoms with E-state index >= 15 is 0 Å². The van der Waals surface area contributed by atoms with Gasteiger partial charge in [0.25, 0.3) is 8.32 Å². The minimum absolute atomic E-state index is 0.0786. The fourth-order valence-electron chi connectivity index (χ4n) is 6.16. The Hall–Kier alpha value is -2.05. The quantitative estimate of drug-likeness (QED) is 0.445. The predicted octanol–water partition coefficient (Wildman–Crippen LogP) is 3.99. The Morgan fingerprint density at radius 2 is 1.56 bits per heavy atom. The molecule has 0 spiro atoms. The first-order valence-corrected chi connectivity index (χ1v) is 14.5. The summed E-state index contributed by atoms with van der Waals surface area (Å²) in [7, 11) is -2.58. The number of benzene rings is 2. The number of aliphatic hydroxyl groups excluding tert-OH is 2. The summed E-state index contributed by atoms with van der Waals surface area (Å²) in [4.78, 5) is 12.8. The van der Waals surface area contributed by atoms with Gasteiger partial charge in [0.2, 0.25) is 0 Å². The van der Waals surface area contributed by atoms with E-state index in [0.29, 0.717) is 25.9 Å². The van der Waals surface area contributed by atoms with Crippen molar-refractivity contribution in [3.63, 3.8) is 0 Å². The van der Waals surface area contributed by atoms with Crippen LogP contribution in [0.15, 0.2) is 71.8 Å². The van der Waals surface area contributed by atoms with E-state index in [1.54, 1.807) is 0 Å². The Bertz CT molecular complexity index is 970. The van der Waals surface area contributed by atoms with Gasteiger partial charge in [-0.15, -0.1) is 0 Å². The van der Waals surface area contributed by atoms with E-state index in [-0.39, 0.29) is 29.3 Å². The zero-order valence-electron chi connectivity index (χ0n) is 20.7. The molecule has 1 unspecified atom stereocenters. The van der Waals surface area contributed by atoms with Crippen LogP contribution in [0, 0.1) is 11.8 Å². The van der Waals surface area contributed by atoms with Gasteiger partial charge in [0.15, 0.2) is 5.78 Å². The second-order valence-electron chi connectivity index (χ2n) is 10.9. The van der Waals surface area contributed by atoms with Crippen LogP contribution in [0.1, 0.15) is 52.9 Å². The summed E-state index contributed by atoms with van der Waals surface area (Å²) in [6, 6.07) is 21.2. The third kappa shape index (κ3) is 4.72. The van der Waals surface area contributed by atoms with Gasteiger partial charge in [0.1, 0.15) is 0 Å². The van der Waals surface area contributed by atoms with Gasteiger partial charge in [0, 0.05) is 19.6 Å². The number of hydrogen-bond donors (Lipinski definition) is 2. The van der Waals surface area contributed by atoms with Crippen molar-refractivity contribution in [1.29, 1.82) is 0 Å². The van der Waals surface area contributed by atoms with Crippen LogP contribution in [0.4, 0.5) is 0 Å². The Balaban J connectivity index is 1.56. The summed E-state index contributed by atoms with van der Waals surface area (Å²) in [5.74, 6) is 0.360. The number of carbonyl (C=O) groups is 1. The van der Waals surface area contributed by atoms with Crippen molar-refractivity contribution in [2.45, 2.75) is 64.0 Å². The van der Waals surface area contributed by atoms with Crippen molar-refractivity contribution in [3.05, 3.63) is 71.8 Å². The van der Waals surface area contributed by atoms with Crippen LogP contribution >= 0.6 is 0 Å². The molecule has 0 heterocycles. The lowest BCUT2D eigenvalue weighted by atomic mass is 9.77. The molecular formula is C29H38O4Si. The molecule has 0 aliphatic heterocycles. The van der Waals surface area contributed by atoms with E-state index in [9.17, 15) is 15.0 Å². The molecule has 5 heteroatoms. The van der Waals surface area contributed by atoms with Crippen molar-refractivity contribution < 1.29 is 19.4 Å². The minimum Gasteiger partial charge on any atom is -0.407 e. The molecule has 2 aliphatic carbocycles. The topological polar surface area (TPSA) is 66.8 Å². The molecule has 4 rings (SSSR count). The predicted molar refractivity (Wildman–Crippen MR) is 139 cm³/mol. The maximum atomic E-state index is 12.8. The fourth-order valence-corrected chi connectivity index (χ4v) is 10.8. The van der Waals surface area contributed by atoms with E-state index in [4.69, 9.17) is 4.43 Å². The molecule has 2 aromatic carbocycles. The number of ketones is 1. The molecule has 2 aromatic rings. The zero-order valence-corrected chi connectivity index (χ0v) is 21.7. The maximum absolute atomic E-state index is 12.8. The first-order valence-electron chi connectivity index (χ1n) is 12.6. The summed E-state index contributed by atoms with van der Waals surface area (Å²) in [5.41, 5.74) is 1.76. The molecule has 2 aliphatic rings. The number of aliphatic hydroxyl groups is 2. The summed E-state index contributed by atoms with van der Waals surface area (Å²) < 4.78 is 6.97. The Kier molecular flexibility index (Phi) is 7.58. The van der Waals surface area contributed by atoms with E-state index in [2.05, 4.69) is 69.3 Å². The van der Waals surface area contributed by atoms with Crippen LogP contribution in [0.5, 0.6) is 0 Å². The number of fused-ring (bicyclic) bond motifs is 1. The molecule has 0 bridgehead atoms. The van der Waals surface area contributed by atoms with E-state index in [1.807, 2.05) is 12.1 Å². The average molecular weight is 479 g/mol. The third-order valence-corrected chi connectivity index (χ3v) is 12.7. The summed E-state index contributed by atoms with van der Waals surface area (Å²) in [6.45, 7) is 7.45. The van der Waals surface area contributed by atoms with E-state index in [0.717, 1.165) is 24.0 Å². The molecule has 0 saturated heterocycles. The van der Waals surface area contributed by atoms with Crippen LogP contribution in [0.2, 0.25) is 5.04 Å². The van der Waals surface area contributed by atoms with Crippen LogP contribution in [0.25, 0.3) is 0 Å². The Labute approximate surface area is 204 Å². The van der Waals surface area contributed by atoms with Crippen LogP contribution in [-0.4, -0.2) is 43.6 Å². The standard InChI is InChI=1S/C29H38O4Si/c1-29(2,3)34(23-11-6-4-7-12-23,24-13-8-5-9-14-24)33-16-10-15-25-26(31)19-22-17-21(20-30)18-27(32)28(22)25/h4-9,11-14,21-22,27,30,32H,10,15-20H2,1-3H3/t21-,22?,27-/m1/s1. The smallest absolute Gasteiger partial charge is 0.261 e. The monoisotopic (exact) mass is 478 g/mol. The molecule has 0 aromatic heterocycles. The summed E-state index contributed by atoms with van der Waals surface area (Å²) in [6.07, 6.45) is 2.62. The molecule has 3 atom stereocenters. The molecule has 1 saturated carbocycles. The Morgan fingerprint density at radius 1 is 0.971 bits per heavy atom. The minimum atomic E-state index is -2.58. The first kappa shape index (κ1) is 25.1. The highest BCUT2D eigenvalue weighted by Gasteiger charge is 2.50. The number of allylic oxidation sites excluding steroid dienone is 1. The Morgan fingerprint density at radius 3 is 2.09 bits per heavy atom. The molecule has 0 amide bonds. The highest BCUT2D eigenvalue weighted by molar-refractivity contribution is 6.99. The maximum Gasteiger partial charge on any atom is 0.261 e.